The lowest BCUT2D eigenvalue weighted by molar-refractivity contribution is 0.103. The number of nitrogens with zero attached hydrogens (tertiary/aromatic N) is 2. The van der Waals surface area contributed by atoms with Crippen LogP contribution in [0.4, 0.5) is 10.5 Å². The average Bonchev–Trinajstić information content (AvgIpc) is 2.92. The molecule has 0 radical (unpaired) electrons. The van der Waals surface area contributed by atoms with Crippen molar-refractivity contribution in [3.05, 3.63) is 90.0 Å². The first-order chi connectivity index (χ1) is 17.1. The van der Waals surface area contributed by atoms with Gasteiger partial charge in [0.15, 0.2) is 5.78 Å². The second kappa shape index (κ2) is 12.0. The summed E-state index contributed by atoms with van der Waals surface area (Å²) in [5.74, 6) is 1.24. The molecule has 1 heterocycles. The maximum atomic E-state index is 12.5. The first kappa shape index (κ1) is 24.3. The molecule has 1 N–H and O–H groups in total. The molecule has 3 aromatic carbocycles. The van der Waals surface area contributed by atoms with Gasteiger partial charge in [0.2, 0.25) is 0 Å². The summed E-state index contributed by atoms with van der Waals surface area (Å²) in [7, 11) is 1.70. The highest BCUT2D eigenvalue weighted by Crippen LogP contribution is 2.28. The standard InChI is InChI=1S/C28H31N3O4/c1-34-26-11-6-5-10-25(26)31-20-18-30(19-21-31)17-7-16-29-28(33)35-24-14-12-23(13-15-24)27(32)22-8-3-2-4-9-22/h2-6,8-15H,7,16-21H2,1H3,(H,29,33). The van der Waals surface area contributed by atoms with Crippen molar-refractivity contribution < 1.29 is 19.1 Å². The molecule has 0 aliphatic carbocycles. The second-order valence-electron chi connectivity index (χ2n) is 8.39. The number of ether oxygens (including phenoxy) is 2. The van der Waals surface area contributed by atoms with Gasteiger partial charge < -0.3 is 19.7 Å². The monoisotopic (exact) mass is 473 g/mol. The Balaban J connectivity index is 1.14. The smallest absolute Gasteiger partial charge is 0.412 e. The Hall–Kier alpha value is -3.84. The molecule has 1 fully saturated rings. The highest BCUT2D eigenvalue weighted by Gasteiger charge is 2.19. The van der Waals surface area contributed by atoms with Gasteiger partial charge in [-0.3, -0.25) is 9.69 Å². The summed E-state index contributed by atoms with van der Waals surface area (Å²) in [6.07, 6.45) is 0.349. The number of rotatable bonds is 9. The number of nitrogens with one attached hydrogen (secondary N) is 1. The number of benzene rings is 3. The van der Waals surface area contributed by atoms with E-state index in [0.29, 0.717) is 23.4 Å². The van der Waals surface area contributed by atoms with Crippen molar-refractivity contribution >= 4 is 17.6 Å². The molecule has 0 spiro atoms. The topological polar surface area (TPSA) is 71.1 Å². The van der Waals surface area contributed by atoms with Gasteiger partial charge in [0.25, 0.3) is 0 Å². The summed E-state index contributed by atoms with van der Waals surface area (Å²) >= 11 is 0. The third-order valence-corrected chi connectivity index (χ3v) is 6.08. The summed E-state index contributed by atoms with van der Waals surface area (Å²) in [6, 6.07) is 23.8. The molecule has 0 atom stereocenters. The van der Waals surface area contributed by atoms with Gasteiger partial charge in [-0.2, -0.15) is 0 Å². The largest absolute Gasteiger partial charge is 0.495 e. The summed E-state index contributed by atoms with van der Waals surface area (Å²) in [6.45, 7) is 5.27. The lowest BCUT2D eigenvalue weighted by atomic mass is 10.0. The Morgan fingerprint density at radius 1 is 0.829 bits per heavy atom. The first-order valence-electron chi connectivity index (χ1n) is 11.9. The molecule has 7 heteroatoms. The van der Waals surface area contributed by atoms with Crippen molar-refractivity contribution in [3.63, 3.8) is 0 Å². The minimum absolute atomic E-state index is 0.0645. The highest BCUT2D eigenvalue weighted by molar-refractivity contribution is 6.09. The van der Waals surface area contributed by atoms with E-state index in [1.165, 1.54) is 0 Å². The van der Waals surface area contributed by atoms with Crippen LogP contribution in [0.1, 0.15) is 22.3 Å². The lowest BCUT2D eigenvalue weighted by Gasteiger charge is -2.36. The van der Waals surface area contributed by atoms with Crippen LogP contribution >= 0.6 is 0 Å². The minimum atomic E-state index is -0.492. The summed E-state index contributed by atoms with van der Waals surface area (Å²) in [4.78, 5) is 29.4. The van der Waals surface area contributed by atoms with Crippen molar-refractivity contribution in [1.82, 2.24) is 10.2 Å². The van der Waals surface area contributed by atoms with E-state index < -0.39 is 6.09 Å². The van der Waals surface area contributed by atoms with Crippen molar-refractivity contribution in [2.24, 2.45) is 0 Å². The van der Waals surface area contributed by atoms with E-state index >= 15 is 0 Å². The number of piperazine rings is 1. The number of para-hydroxylation sites is 2. The molecule has 1 amide bonds. The number of hydrogen-bond acceptors (Lipinski definition) is 6. The number of carbonyl (C=O) groups excluding carboxylic acids is 2. The van der Waals surface area contributed by atoms with Crippen LogP contribution in [0.15, 0.2) is 78.9 Å². The zero-order chi connectivity index (χ0) is 24.5. The Labute approximate surface area is 206 Å². The molecule has 35 heavy (non-hydrogen) atoms. The summed E-state index contributed by atoms with van der Waals surface area (Å²) < 4.78 is 10.8. The first-order valence-corrected chi connectivity index (χ1v) is 11.9. The number of anilines is 1. The van der Waals surface area contributed by atoms with Crippen molar-refractivity contribution in [2.45, 2.75) is 6.42 Å². The van der Waals surface area contributed by atoms with Crippen LogP contribution in [0.2, 0.25) is 0 Å². The number of ketones is 1. The molecule has 0 unspecified atom stereocenters. The van der Waals surface area contributed by atoms with Gasteiger partial charge in [-0.25, -0.2) is 4.79 Å². The molecule has 0 bridgehead atoms. The molecular formula is C28H31N3O4. The summed E-state index contributed by atoms with van der Waals surface area (Å²) in [5.41, 5.74) is 2.31. The maximum absolute atomic E-state index is 12.5. The molecule has 0 aromatic heterocycles. The normalized spacial score (nSPS) is 13.8. The van der Waals surface area contributed by atoms with E-state index in [1.807, 2.05) is 36.4 Å². The maximum Gasteiger partial charge on any atom is 0.412 e. The van der Waals surface area contributed by atoms with E-state index in [-0.39, 0.29) is 5.78 Å². The van der Waals surface area contributed by atoms with Crippen LogP contribution in [0.3, 0.4) is 0 Å². The van der Waals surface area contributed by atoms with E-state index in [0.717, 1.165) is 50.6 Å². The van der Waals surface area contributed by atoms with Crippen LogP contribution in [0, 0.1) is 0 Å². The van der Waals surface area contributed by atoms with Gasteiger partial charge in [0.05, 0.1) is 12.8 Å². The zero-order valence-electron chi connectivity index (χ0n) is 20.0. The molecule has 7 nitrogen and oxygen atoms in total. The van der Waals surface area contributed by atoms with Crippen LogP contribution in [-0.2, 0) is 0 Å². The molecule has 1 aliphatic rings. The molecule has 1 aliphatic heterocycles. The molecule has 182 valence electrons. The predicted octanol–water partition coefficient (Wildman–Crippen LogP) is 4.23. The summed E-state index contributed by atoms with van der Waals surface area (Å²) in [5, 5.41) is 2.80. The quantitative estimate of drug-likeness (QED) is 0.371. The Morgan fingerprint density at radius 3 is 2.20 bits per heavy atom. The Bertz CT molecular complexity index is 1110. The van der Waals surface area contributed by atoms with Crippen molar-refractivity contribution in [1.29, 1.82) is 0 Å². The second-order valence-corrected chi connectivity index (χ2v) is 8.39. The molecule has 3 aromatic rings. The van der Waals surface area contributed by atoms with E-state index in [4.69, 9.17) is 9.47 Å². The van der Waals surface area contributed by atoms with Gasteiger partial charge in [0.1, 0.15) is 11.5 Å². The van der Waals surface area contributed by atoms with Crippen molar-refractivity contribution in [3.8, 4) is 11.5 Å². The molecule has 0 saturated carbocycles. The number of amides is 1. The third-order valence-electron chi connectivity index (χ3n) is 6.08. The molecule has 1 saturated heterocycles. The number of methoxy groups -OCH3 is 1. The highest BCUT2D eigenvalue weighted by atomic mass is 16.6. The van der Waals surface area contributed by atoms with E-state index in [1.54, 1.807) is 43.5 Å². The Kier molecular flexibility index (Phi) is 8.35. The lowest BCUT2D eigenvalue weighted by Crippen LogP contribution is -2.47. The SMILES string of the molecule is COc1ccccc1N1CCN(CCCNC(=O)Oc2ccc(C(=O)c3ccccc3)cc2)CC1. The fraction of sp³-hybridized carbons (Fsp3) is 0.286. The number of carbonyl (C=O) groups is 2. The minimum Gasteiger partial charge on any atom is -0.495 e. The van der Waals surface area contributed by atoms with Gasteiger partial charge in [-0.1, -0.05) is 42.5 Å². The molecular weight excluding hydrogens is 442 g/mol. The van der Waals surface area contributed by atoms with Gasteiger partial charge in [-0.15, -0.1) is 0 Å². The zero-order valence-corrected chi connectivity index (χ0v) is 20.0. The van der Waals surface area contributed by atoms with Crippen LogP contribution in [-0.4, -0.2) is 63.2 Å². The average molecular weight is 474 g/mol. The third kappa shape index (κ3) is 6.61. The predicted molar refractivity (Wildman–Crippen MR) is 137 cm³/mol. The van der Waals surface area contributed by atoms with Crippen molar-refractivity contribution in [2.75, 3.05) is 51.3 Å². The van der Waals surface area contributed by atoms with Crippen LogP contribution < -0.4 is 19.7 Å². The van der Waals surface area contributed by atoms with Crippen LogP contribution in [0.25, 0.3) is 0 Å². The molecule has 4 rings (SSSR count). The van der Waals surface area contributed by atoms with Crippen LogP contribution in [0.5, 0.6) is 11.5 Å². The van der Waals surface area contributed by atoms with Gasteiger partial charge in [-0.05, 0) is 49.4 Å². The van der Waals surface area contributed by atoms with E-state index in [9.17, 15) is 9.59 Å². The van der Waals surface area contributed by atoms with Gasteiger partial charge in [0, 0.05) is 43.9 Å². The fourth-order valence-electron chi connectivity index (χ4n) is 4.17. The Morgan fingerprint density at radius 2 is 1.49 bits per heavy atom. The number of hydrogen-bond donors (Lipinski definition) is 1. The van der Waals surface area contributed by atoms with E-state index in [2.05, 4.69) is 21.2 Å². The fourth-order valence-corrected chi connectivity index (χ4v) is 4.17. The van der Waals surface area contributed by atoms with Gasteiger partial charge >= 0.3 is 6.09 Å².